The van der Waals surface area contributed by atoms with Crippen LogP contribution < -0.4 is 4.74 Å². The van der Waals surface area contributed by atoms with Crippen LogP contribution in [0.1, 0.15) is 5.69 Å². The molecule has 1 aromatic heterocycles. The number of hydrogen-bond donors (Lipinski definition) is 0. The first kappa shape index (κ1) is 11.2. The van der Waals surface area contributed by atoms with Crippen LogP contribution in [0.2, 0.25) is 5.02 Å². The summed E-state index contributed by atoms with van der Waals surface area (Å²) in [7, 11) is 3.22. The number of rotatable bonds is 4. The lowest BCUT2D eigenvalue weighted by atomic mass is 10.2. The third-order valence-corrected chi connectivity index (χ3v) is 2.66. The number of halogens is 1. The van der Waals surface area contributed by atoms with E-state index >= 15 is 0 Å². The molecule has 1 aromatic carbocycles. The lowest BCUT2D eigenvalue weighted by Gasteiger charge is -2.01. The highest BCUT2D eigenvalue weighted by Crippen LogP contribution is 2.31. The van der Waals surface area contributed by atoms with Gasteiger partial charge in [-0.05, 0) is 6.07 Å². The van der Waals surface area contributed by atoms with E-state index in [0.29, 0.717) is 29.4 Å². The average Bonchev–Trinajstić information content (AvgIpc) is 2.67. The van der Waals surface area contributed by atoms with Crippen molar-refractivity contribution in [3.63, 3.8) is 0 Å². The zero-order valence-corrected chi connectivity index (χ0v) is 9.87. The Morgan fingerprint density at radius 3 is 2.88 bits per heavy atom. The Bertz CT molecular complexity index is 495. The molecular formula is C11H12ClNO3. The third kappa shape index (κ3) is 1.99. The Hall–Kier alpha value is -1.26. The molecule has 0 saturated heterocycles. The van der Waals surface area contributed by atoms with Crippen molar-refractivity contribution in [3.8, 4) is 5.75 Å². The van der Waals surface area contributed by atoms with Crippen LogP contribution in [0.15, 0.2) is 16.7 Å². The molecule has 86 valence electrons. The number of nitrogens with zero attached hydrogens (tertiary/aromatic N) is 1. The lowest BCUT2D eigenvalue weighted by Crippen LogP contribution is -1.94. The molecule has 4 nitrogen and oxygen atoms in total. The normalized spacial score (nSPS) is 10.9. The summed E-state index contributed by atoms with van der Waals surface area (Å²) in [5.41, 5.74) is 1.52. The molecule has 0 saturated carbocycles. The predicted octanol–water partition coefficient (Wildman–Crippen LogP) is 2.68. The van der Waals surface area contributed by atoms with Crippen molar-refractivity contribution in [1.82, 2.24) is 5.16 Å². The van der Waals surface area contributed by atoms with E-state index in [-0.39, 0.29) is 0 Å². The first-order valence-corrected chi connectivity index (χ1v) is 5.24. The quantitative estimate of drug-likeness (QED) is 0.826. The molecule has 0 atom stereocenters. The maximum atomic E-state index is 6.04. The van der Waals surface area contributed by atoms with E-state index in [1.54, 1.807) is 26.4 Å². The minimum absolute atomic E-state index is 0.553. The van der Waals surface area contributed by atoms with Gasteiger partial charge in [-0.2, -0.15) is 0 Å². The molecule has 0 spiro atoms. The van der Waals surface area contributed by atoms with Gasteiger partial charge in [-0.15, -0.1) is 0 Å². The Morgan fingerprint density at radius 2 is 2.19 bits per heavy atom. The summed E-state index contributed by atoms with van der Waals surface area (Å²) in [6.07, 6.45) is 0.701. The van der Waals surface area contributed by atoms with E-state index in [0.717, 1.165) is 11.1 Å². The molecule has 0 bridgehead atoms. The monoisotopic (exact) mass is 241 g/mol. The summed E-state index contributed by atoms with van der Waals surface area (Å²) in [6, 6.07) is 3.54. The largest absolute Gasteiger partial charge is 0.495 e. The number of fused-ring (bicyclic) bond motifs is 1. The van der Waals surface area contributed by atoms with E-state index in [1.807, 2.05) is 0 Å². The fourth-order valence-corrected chi connectivity index (χ4v) is 1.77. The Balaban J connectivity index is 2.43. The molecule has 0 aliphatic heterocycles. The second-order valence-electron chi connectivity index (χ2n) is 3.35. The Kier molecular flexibility index (Phi) is 3.31. The van der Waals surface area contributed by atoms with Crippen molar-refractivity contribution in [2.24, 2.45) is 0 Å². The van der Waals surface area contributed by atoms with Crippen molar-refractivity contribution in [2.45, 2.75) is 6.42 Å². The standard InChI is InChI=1S/C11H12ClNO3/c1-14-4-3-9-7-5-8(12)11(15-2)6-10(7)16-13-9/h5-6H,3-4H2,1-2H3. The number of aromatic nitrogens is 1. The van der Waals surface area contributed by atoms with Gasteiger partial charge in [0.25, 0.3) is 0 Å². The smallest absolute Gasteiger partial charge is 0.170 e. The SMILES string of the molecule is COCCc1noc2cc(OC)c(Cl)cc12. The number of methoxy groups -OCH3 is 2. The van der Waals surface area contributed by atoms with Crippen molar-refractivity contribution in [2.75, 3.05) is 20.8 Å². The summed E-state index contributed by atoms with van der Waals surface area (Å²) in [5, 5.41) is 5.44. The number of ether oxygens (including phenoxy) is 2. The van der Waals surface area contributed by atoms with Gasteiger partial charge in [0.2, 0.25) is 0 Å². The van der Waals surface area contributed by atoms with Crippen LogP contribution >= 0.6 is 11.6 Å². The van der Waals surface area contributed by atoms with Crippen molar-refractivity contribution >= 4 is 22.6 Å². The second-order valence-corrected chi connectivity index (χ2v) is 3.76. The van der Waals surface area contributed by atoms with Crippen LogP contribution in [-0.4, -0.2) is 26.0 Å². The van der Waals surface area contributed by atoms with Crippen LogP contribution in [0.4, 0.5) is 0 Å². The van der Waals surface area contributed by atoms with Crippen molar-refractivity contribution < 1.29 is 14.0 Å². The minimum Gasteiger partial charge on any atom is -0.495 e. The van der Waals surface area contributed by atoms with Crippen LogP contribution in [0, 0.1) is 0 Å². The maximum Gasteiger partial charge on any atom is 0.170 e. The van der Waals surface area contributed by atoms with Gasteiger partial charge in [-0.3, -0.25) is 0 Å². The van der Waals surface area contributed by atoms with Gasteiger partial charge in [0, 0.05) is 25.0 Å². The Labute approximate surface area is 98.1 Å². The highest BCUT2D eigenvalue weighted by Gasteiger charge is 2.11. The van der Waals surface area contributed by atoms with Gasteiger partial charge in [-0.25, -0.2) is 0 Å². The van der Waals surface area contributed by atoms with Crippen molar-refractivity contribution in [1.29, 1.82) is 0 Å². The first-order valence-electron chi connectivity index (χ1n) is 4.87. The topological polar surface area (TPSA) is 44.5 Å². The van der Waals surface area contributed by atoms with Gasteiger partial charge < -0.3 is 14.0 Å². The lowest BCUT2D eigenvalue weighted by molar-refractivity contribution is 0.200. The molecule has 0 amide bonds. The maximum absolute atomic E-state index is 6.04. The summed E-state index contributed by atoms with van der Waals surface area (Å²) < 4.78 is 15.3. The van der Waals surface area contributed by atoms with Crippen molar-refractivity contribution in [3.05, 3.63) is 22.8 Å². The highest BCUT2D eigenvalue weighted by atomic mass is 35.5. The zero-order valence-electron chi connectivity index (χ0n) is 9.12. The fraction of sp³-hybridized carbons (Fsp3) is 0.364. The van der Waals surface area contributed by atoms with Crippen LogP contribution in [-0.2, 0) is 11.2 Å². The van der Waals surface area contributed by atoms with E-state index in [1.165, 1.54) is 0 Å². The number of hydrogen-bond acceptors (Lipinski definition) is 4. The van der Waals surface area contributed by atoms with E-state index < -0.39 is 0 Å². The molecule has 16 heavy (non-hydrogen) atoms. The first-order chi connectivity index (χ1) is 7.76. The molecule has 2 aromatic rings. The summed E-state index contributed by atoms with van der Waals surface area (Å²) >= 11 is 6.04. The average molecular weight is 242 g/mol. The second kappa shape index (κ2) is 4.72. The molecule has 0 aliphatic rings. The van der Waals surface area contributed by atoms with Gasteiger partial charge in [0.1, 0.15) is 5.75 Å². The molecule has 0 aliphatic carbocycles. The van der Waals surface area contributed by atoms with Gasteiger partial charge in [0.05, 0.1) is 24.4 Å². The highest BCUT2D eigenvalue weighted by molar-refractivity contribution is 6.32. The Morgan fingerprint density at radius 1 is 1.38 bits per heavy atom. The molecule has 2 rings (SSSR count). The summed E-state index contributed by atoms with van der Waals surface area (Å²) in [4.78, 5) is 0. The van der Waals surface area contributed by atoms with Gasteiger partial charge >= 0.3 is 0 Å². The fourth-order valence-electron chi connectivity index (χ4n) is 1.52. The van der Waals surface area contributed by atoms with Crippen LogP contribution in [0.3, 0.4) is 0 Å². The van der Waals surface area contributed by atoms with E-state index in [9.17, 15) is 0 Å². The molecule has 5 heteroatoms. The molecule has 0 radical (unpaired) electrons. The minimum atomic E-state index is 0.553. The molecular weight excluding hydrogens is 230 g/mol. The van der Waals surface area contributed by atoms with Crippen LogP contribution in [0.25, 0.3) is 11.0 Å². The summed E-state index contributed by atoms with van der Waals surface area (Å²) in [5.74, 6) is 0.587. The summed E-state index contributed by atoms with van der Waals surface area (Å²) in [6.45, 7) is 0.602. The number of benzene rings is 1. The molecule has 0 N–H and O–H groups in total. The van der Waals surface area contributed by atoms with Gasteiger partial charge in [-0.1, -0.05) is 16.8 Å². The predicted molar refractivity (Wildman–Crippen MR) is 61.2 cm³/mol. The van der Waals surface area contributed by atoms with E-state index in [4.69, 9.17) is 25.6 Å². The molecule has 0 unspecified atom stereocenters. The van der Waals surface area contributed by atoms with Crippen LogP contribution in [0.5, 0.6) is 5.75 Å². The van der Waals surface area contributed by atoms with E-state index in [2.05, 4.69) is 5.16 Å². The molecule has 1 heterocycles. The third-order valence-electron chi connectivity index (χ3n) is 2.36. The zero-order chi connectivity index (χ0) is 11.5. The molecule has 0 fully saturated rings. The van der Waals surface area contributed by atoms with Gasteiger partial charge in [0.15, 0.2) is 5.58 Å².